The molecule has 0 radical (unpaired) electrons. The molecule has 0 fully saturated rings. The number of aryl methyl sites for hydroxylation is 1. The third-order valence-corrected chi connectivity index (χ3v) is 2.57. The molecule has 0 aliphatic heterocycles. The Hall–Kier alpha value is -2.35. The molecule has 0 atom stereocenters. The van der Waals surface area contributed by atoms with Gasteiger partial charge in [-0.05, 0) is 12.1 Å². The Bertz CT molecular complexity index is 607. The number of nitro groups is 1. The number of rotatable bonds is 2. The SMILES string of the molecule is Cn1ccc2ccc([N+](=O)[O-])c(CC#N)c21. The average Bonchev–Trinajstić information content (AvgIpc) is 2.61. The minimum absolute atomic E-state index is 0.0100. The largest absolute Gasteiger partial charge is 0.350 e. The Morgan fingerprint density at radius 3 is 2.88 bits per heavy atom. The maximum atomic E-state index is 10.9. The maximum absolute atomic E-state index is 10.9. The van der Waals surface area contributed by atoms with Crippen LogP contribution in [0.4, 0.5) is 5.69 Å². The van der Waals surface area contributed by atoms with E-state index in [-0.39, 0.29) is 12.1 Å². The summed E-state index contributed by atoms with van der Waals surface area (Å²) in [6.07, 6.45) is 1.88. The quantitative estimate of drug-likeness (QED) is 0.569. The fraction of sp³-hybridized carbons (Fsp3) is 0.182. The lowest BCUT2D eigenvalue weighted by Crippen LogP contribution is -1.98. The van der Waals surface area contributed by atoms with Gasteiger partial charge in [-0.15, -0.1) is 0 Å². The smallest absolute Gasteiger partial charge is 0.275 e. The average molecular weight is 215 g/mol. The molecule has 5 nitrogen and oxygen atoms in total. The third kappa shape index (κ3) is 1.41. The normalized spacial score (nSPS) is 10.2. The van der Waals surface area contributed by atoms with Gasteiger partial charge in [-0.25, -0.2) is 0 Å². The van der Waals surface area contributed by atoms with E-state index in [4.69, 9.17) is 5.26 Å². The first-order chi connectivity index (χ1) is 7.65. The first-order valence-electron chi connectivity index (χ1n) is 4.73. The van der Waals surface area contributed by atoms with Crippen molar-refractivity contribution in [2.75, 3.05) is 0 Å². The van der Waals surface area contributed by atoms with Crippen LogP contribution in [0.5, 0.6) is 0 Å². The molecule has 0 aliphatic rings. The Labute approximate surface area is 91.7 Å². The molecule has 2 rings (SSSR count). The molecule has 0 amide bonds. The minimum atomic E-state index is -0.445. The molecule has 1 aromatic carbocycles. The van der Waals surface area contributed by atoms with Crippen molar-refractivity contribution in [3.63, 3.8) is 0 Å². The van der Waals surface area contributed by atoms with Gasteiger partial charge < -0.3 is 4.57 Å². The van der Waals surface area contributed by atoms with Crippen LogP contribution in [0.15, 0.2) is 24.4 Å². The van der Waals surface area contributed by atoms with E-state index in [0.717, 1.165) is 10.9 Å². The van der Waals surface area contributed by atoms with Gasteiger partial charge in [0.1, 0.15) is 0 Å². The fourth-order valence-electron chi connectivity index (χ4n) is 1.89. The molecule has 0 N–H and O–H groups in total. The molecule has 80 valence electrons. The van der Waals surface area contributed by atoms with Crippen LogP contribution in [0.3, 0.4) is 0 Å². The number of nitriles is 1. The second-order valence-corrected chi connectivity index (χ2v) is 3.52. The van der Waals surface area contributed by atoms with E-state index in [1.165, 1.54) is 6.07 Å². The summed E-state index contributed by atoms with van der Waals surface area (Å²) in [4.78, 5) is 10.4. The molecule has 5 heteroatoms. The molecular formula is C11H9N3O2. The number of hydrogen-bond acceptors (Lipinski definition) is 3. The summed E-state index contributed by atoms with van der Waals surface area (Å²) in [6.45, 7) is 0. The Morgan fingerprint density at radius 2 is 2.25 bits per heavy atom. The molecule has 2 aromatic rings. The fourth-order valence-corrected chi connectivity index (χ4v) is 1.89. The highest BCUT2D eigenvalue weighted by Gasteiger charge is 2.18. The standard InChI is InChI=1S/C11H9N3O2/c1-13-7-5-8-2-3-10(14(15)16)9(4-6-12)11(8)13/h2-3,5,7H,4H2,1H3. The number of aromatic nitrogens is 1. The minimum Gasteiger partial charge on any atom is -0.350 e. The van der Waals surface area contributed by atoms with Crippen molar-refractivity contribution in [1.82, 2.24) is 4.57 Å². The third-order valence-electron chi connectivity index (χ3n) is 2.57. The lowest BCUT2D eigenvalue weighted by atomic mass is 10.1. The first kappa shape index (κ1) is 10.2. The summed E-state index contributed by atoms with van der Waals surface area (Å²) in [5, 5.41) is 20.5. The van der Waals surface area contributed by atoms with Gasteiger partial charge in [-0.3, -0.25) is 10.1 Å². The summed E-state index contributed by atoms with van der Waals surface area (Å²) in [7, 11) is 1.81. The lowest BCUT2D eigenvalue weighted by Gasteiger charge is -2.03. The number of hydrogen-bond donors (Lipinski definition) is 0. The molecule has 0 aliphatic carbocycles. The van der Waals surface area contributed by atoms with Crippen LogP contribution in [-0.2, 0) is 13.5 Å². The van der Waals surface area contributed by atoms with E-state index < -0.39 is 4.92 Å². The van der Waals surface area contributed by atoms with Gasteiger partial charge in [0.15, 0.2) is 0 Å². The second kappa shape index (κ2) is 3.66. The van der Waals surface area contributed by atoms with Gasteiger partial charge in [0.05, 0.1) is 28.5 Å². The number of nitro benzene ring substituents is 1. The van der Waals surface area contributed by atoms with E-state index in [2.05, 4.69) is 0 Å². The maximum Gasteiger partial charge on any atom is 0.275 e. The highest BCUT2D eigenvalue weighted by atomic mass is 16.6. The summed E-state index contributed by atoms with van der Waals surface area (Å²) in [5.41, 5.74) is 1.25. The molecule has 0 saturated carbocycles. The van der Waals surface area contributed by atoms with Gasteiger partial charge in [0, 0.05) is 24.7 Å². The number of nitrogens with zero attached hydrogens (tertiary/aromatic N) is 3. The zero-order valence-corrected chi connectivity index (χ0v) is 8.67. The molecule has 1 aromatic heterocycles. The van der Waals surface area contributed by atoms with E-state index in [9.17, 15) is 10.1 Å². The molecule has 0 unspecified atom stereocenters. The van der Waals surface area contributed by atoms with Crippen LogP contribution in [0.1, 0.15) is 5.56 Å². The summed E-state index contributed by atoms with van der Waals surface area (Å²) in [6, 6.07) is 7.00. The highest BCUT2D eigenvalue weighted by molar-refractivity contribution is 5.86. The second-order valence-electron chi connectivity index (χ2n) is 3.52. The van der Waals surface area contributed by atoms with Crippen LogP contribution in [0.2, 0.25) is 0 Å². The van der Waals surface area contributed by atoms with Crippen LogP contribution in [0, 0.1) is 21.4 Å². The van der Waals surface area contributed by atoms with Crippen LogP contribution in [-0.4, -0.2) is 9.49 Å². The number of fused-ring (bicyclic) bond motifs is 1. The summed E-state index contributed by atoms with van der Waals surface area (Å²) >= 11 is 0. The van der Waals surface area contributed by atoms with E-state index in [0.29, 0.717) is 5.56 Å². The predicted molar refractivity (Wildman–Crippen MR) is 58.9 cm³/mol. The van der Waals surface area contributed by atoms with E-state index in [1.54, 1.807) is 10.6 Å². The predicted octanol–water partition coefficient (Wildman–Crippen LogP) is 2.15. The molecule has 1 heterocycles. The van der Waals surface area contributed by atoms with Crippen molar-refractivity contribution in [1.29, 1.82) is 5.26 Å². The van der Waals surface area contributed by atoms with Crippen molar-refractivity contribution in [3.8, 4) is 6.07 Å². The Morgan fingerprint density at radius 1 is 1.50 bits per heavy atom. The molecule has 0 spiro atoms. The molecule has 0 saturated heterocycles. The molecule has 0 bridgehead atoms. The zero-order chi connectivity index (χ0) is 11.7. The zero-order valence-electron chi connectivity index (χ0n) is 8.67. The van der Waals surface area contributed by atoms with Crippen molar-refractivity contribution in [2.45, 2.75) is 6.42 Å². The van der Waals surface area contributed by atoms with Crippen molar-refractivity contribution in [2.24, 2.45) is 7.05 Å². The molecular weight excluding hydrogens is 206 g/mol. The van der Waals surface area contributed by atoms with E-state index in [1.807, 2.05) is 25.4 Å². The first-order valence-corrected chi connectivity index (χ1v) is 4.73. The summed E-state index contributed by atoms with van der Waals surface area (Å²) < 4.78 is 1.80. The van der Waals surface area contributed by atoms with E-state index >= 15 is 0 Å². The number of benzene rings is 1. The Balaban J connectivity index is 2.83. The van der Waals surface area contributed by atoms with Gasteiger partial charge in [0.25, 0.3) is 5.69 Å². The monoisotopic (exact) mass is 215 g/mol. The van der Waals surface area contributed by atoms with Crippen molar-refractivity contribution < 1.29 is 4.92 Å². The Kier molecular flexibility index (Phi) is 2.33. The van der Waals surface area contributed by atoms with Gasteiger partial charge in [-0.1, -0.05) is 0 Å². The summed E-state index contributed by atoms with van der Waals surface area (Å²) in [5.74, 6) is 0. The van der Waals surface area contributed by atoms with Crippen LogP contribution >= 0.6 is 0 Å². The topological polar surface area (TPSA) is 71.9 Å². The van der Waals surface area contributed by atoms with Crippen molar-refractivity contribution >= 4 is 16.6 Å². The van der Waals surface area contributed by atoms with Gasteiger partial charge in [-0.2, -0.15) is 5.26 Å². The van der Waals surface area contributed by atoms with Crippen LogP contribution < -0.4 is 0 Å². The van der Waals surface area contributed by atoms with Crippen molar-refractivity contribution in [3.05, 3.63) is 40.1 Å². The highest BCUT2D eigenvalue weighted by Crippen LogP contribution is 2.28. The lowest BCUT2D eigenvalue weighted by molar-refractivity contribution is -0.385. The van der Waals surface area contributed by atoms with Gasteiger partial charge in [0.2, 0.25) is 0 Å². The van der Waals surface area contributed by atoms with Crippen LogP contribution in [0.25, 0.3) is 10.9 Å². The van der Waals surface area contributed by atoms with Gasteiger partial charge >= 0.3 is 0 Å². The molecule has 16 heavy (non-hydrogen) atoms.